The molecular weight excluding hydrogens is 230 g/mol. The summed E-state index contributed by atoms with van der Waals surface area (Å²) in [7, 11) is 0. The Bertz CT molecular complexity index is 297. The normalized spacial score (nSPS) is 16.7. The average Bonchev–Trinajstić information content (AvgIpc) is 2.99. The summed E-state index contributed by atoms with van der Waals surface area (Å²) in [4.78, 5) is 24.7. The molecule has 0 aromatic heterocycles. The topological polar surface area (TPSA) is 57.6 Å². The van der Waals surface area contributed by atoms with Gasteiger partial charge in [0, 0.05) is 25.4 Å². The second-order valence-electron chi connectivity index (χ2n) is 5.91. The van der Waals surface area contributed by atoms with Crippen LogP contribution in [0.4, 0.5) is 0 Å². The molecule has 1 amide bonds. The van der Waals surface area contributed by atoms with E-state index in [2.05, 4.69) is 13.8 Å². The van der Waals surface area contributed by atoms with Gasteiger partial charge in [-0.15, -0.1) is 0 Å². The number of carbonyl (C=O) groups excluding carboxylic acids is 1. The molecule has 0 saturated heterocycles. The van der Waals surface area contributed by atoms with Crippen LogP contribution in [0.5, 0.6) is 0 Å². The van der Waals surface area contributed by atoms with Crippen molar-refractivity contribution in [3.63, 3.8) is 0 Å². The maximum Gasteiger partial charge on any atom is 0.303 e. The highest BCUT2D eigenvalue weighted by molar-refractivity contribution is 5.78. The molecule has 0 aliphatic heterocycles. The van der Waals surface area contributed by atoms with E-state index in [1.165, 1.54) is 0 Å². The van der Waals surface area contributed by atoms with E-state index in [4.69, 9.17) is 5.11 Å². The molecule has 4 nitrogen and oxygen atoms in total. The molecular formula is C14H25NO3. The van der Waals surface area contributed by atoms with Crippen molar-refractivity contribution in [2.75, 3.05) is 6.54 Å². The Morgan fingerprint density at radius 2 is 1.83 bits per heavy atom. The third-order valence-corrected chi connectivity index (χ3v) is 3.30. The van der Waals surface area contributed by atoms with Crippen molar-refractivity contribution in [2.24, 2.45) is 11.8 Å². The lowest BCUT2D eigenvalue weighted by molar-refractivity contribution is -0.138. The first-order valence-corrected chi connectivity index (χ1v) is 6.91. The summed E-state index contributed by atoms with van der Waals surface area (Å²) in [6.45, 7) is 6.96. The first-order chi connectivity index (χ1) is 8.40. The van der Waals surface area contributed by atoms with Gasteiger partial charge in [-0.2, -0.15) is 0 Å². The Labute approximate surface area is 109 Å². The van der Waals surface area contributed by atoms with Gasteiger partial charge in [-0.05, 0) is 31.1 Å². The fourth-order valence-corrected chi connectivity index (χ4v) is 2.08. The van der Waals surface area contributed by atoms with Gasteiger partial charge in [-0.3, -0.25) is 9.59 Å². The van der Waals surface area contributed by atoms with Crippen LogP contribution < -0.4 is 0 Å². The SMILES string of the molecule is CC(C)CCN(C(=O)CC(C)CC(=O)O)C1CC1. The van der Waals surface area contributed by atoms with Crippen molar-refractivity contribution in [3.8, 4) is 0 Å². The molecule has 1 fully saturated rings. The molecule has 1 atom stereocenters. The monoisotopic (exact) mass is 255 g/mol. The zero-order valence-corrected chi connectivity index (χ0v) is 11.7. The zero-order valence-electron chi connectivity index (χ0n) is 11.7. The van der Waals surface area contributed by atoms with Crippen molar-refractivity contribution in [1.29, 1.82) is 0 Å². The number of amides is 1. The number of hydrogen-bond acceptors (Lipinski definition) is 2. The zero-order chi connectivity index (χ0) is 13.7. The lowest BCUT2D eigenvalue weighted by atomic mass is 10.0. The molecule has 1 N–H and O–H groups in total. The predicted molar refractivity (Wildman–Crippen MR) is 70.2 cm³/mol. The summed E-state index contributed by atoms with van der Waals surface area (Å²) in [6.07, 6.45) is 3.68. The molecule has 0 radical (unpaired) electrons. The van der Waals surface area contributed by atoms with Gasteiger partial charge in [0.15, 0.2) is 0 Å². The fourth-order valence-electron chi connectivity index (χ4n) is 2.08. The number of hydrogen-bond donors (Lipinski definition) is 1. The van der Waals surface area contributed by atoms with Gasteiger partial charge in [0.25, 0.3) is 0 Å². The first-order valence-electron chi connectivity index (χ1n) is 6.91. The second-order valence-corrected chi connectivity index (χ2v) is 5.91. The van der Waals surface area contributed by atoms with Crippen molar-refractivity contribution in [1.82, 2.24) is 4.90 Å². The van der Waals surface area contributed by atoms with E-state index >= 15 is 0 Å². The van der Waals surface area contributed by atoms with Crippen LogP contribution in [0.3, 0.4) is 0 Å². The summed E-state index contributed by atoms with van der Waals surface area (Å²) in [5.74, 6) is -0.173. The summed E-state index contributed by atoms with van der Waals surface area (Å²) in [5, 5.41) is 8.71. The molecule has 0 aromatic carbocycles. The smallest absolute Gasteiger partial charge is 0.303 e. The van der Waals surface area contributed by atoms with E-state index in [9.17, 15) is 9.59 Å². The largest absolute Gasteiger partial charge is 0.481 e. The second kappa shape index (κ2) is 6.76. The number of carboxylic acid groups (broad SMARTS) is 1. The third kappa shape index (κ3) is 5.52. The fraction of sp³-hybridized carbons (Fsp3) is 0.857. The maximum absolute atomic E-state index is 12.2. The van der Waals surface area contributed by atoms with E-state index in [0.29, 0.717) is 18.4 Å². The average molecular weight is 255 g/mol. The molecule has 4 heteroatoms. The van der Waals surface area contributed by atoms with Gasteiger partial charge in [-0.25, -0.2) is 0 Å². The number of carbonyl (C=O) groups is 2. The van der Waals surface area contributed by atoms with Crippen LogP contribution in [-0.4, -0.2) is 34.5 Å². The van der Waals surface area contributed by atoms with Gasteiger partial charge >= 0.3 is 5.97 Å². The Morgan fingerprint density at radius 1 is 1.22 bits per heavy atom. The lowest BCUT2D eigenvalue weighted by Crippen LogP contribution is -2.35. The van der Waals surface area contributed by atoms with Crippen LogP contribution in [0.1, 0.15) is 52.9 Å². The van der Waals surface area contributed by atoms with Gasteiger partial charge in [0.05, 0.1) is 0 Å². The quantitative estimate of drug-likeness (QED) is 0.725. The van der Waals surface area contributed by atoms with Gasteiger partial charge in [0.2, 0.25) is 5.91 Å². The third-order valence-electron chi connectivity index (χ3n) is 3.30. The minimum atomic E-state index is -0.824. The van der Waals surface area contributed by atoms with Crippen LogP contribution in [-0.2, 0) is 9.59 Å². The lowest BCUT2D eigenvalue weighted by Gasteiger charge is -2.24. The van der Waals surface area contributed by atoms with E-state index in [1.807, 2.05) is 11.8 Å². The Balaban J connectivity index is 2.41. The van der Waals surface area contributed by atoms with Crippen LogP contribution in [0.2, 0.25) is 0 Å². The highest BCUT2D eigenvalue weighted by Crippen LogP contribution is 2.28. The molecule has 1 rings (SSSR count). The van der Waals surface area contributed by atoms with Crippen molar-refractivity contribution in [3.05, 3.63) is 0 Å². The van der Waals surface area contributed by atoms with Crippen molar-refractivity contribution < 1.29 is 14.7 Å². The summed E-state index contributed by atoms with van der Waals surface area (Å²) in [6, 6.07) is 0.424. The number of carboxylic acids is 1. The summed E-state index contributed by atoms with van der Waals surface area (Å²) in [5.41, 5.74) is 0. The Morgan fingerprint density at radius 3 is 2.28 bits per heavy atom. The summed E-state index contributed by atoms with van der Waals surface area (Å²) < 4.78 is 0. The number of aliphatic carboxylic acids is 1. The van der Waals surface area contributed by atoms with Gasteiger partial charge < -0.3 is 10.0 Å². The molecule has 0 spiro atoms. The predicted octanol–water partition coefficient (Wildman–Crippen LogP) is 2.52. The van der Waals surface area contributed by atoms with Crippen LogP contribution in [0.15, 0.2) is 0 Å². The Hall–Kier alpha value is -1.06. The minimum Gasteiger partial charge on any atom is -0.481 e. The first kappa shape index (κ1) is 15.0. The highest BCUT2D eigenvalue weighted by Gasteiger charge is 2.32. The van der Waals surface area contributed by atoms with Crippen LogP contribution in [0.25, 0.3) is 0 Å². The molecule has 1 saturated carbocycles. The van der Waals surface area contributed by atoms with Gasteiger partial charge in [0.1, 0.15) is 0 Å². The molecule has 0 bridgehead atoms. The van der Waals surface area contributed by atoms with Crippen LogP contribution >= 0.6 is 0 Å². The van der Waals surface area contributed by atoms with Crippen molar-refractivity contribution in [2.45, 2.75) is 58.9 Å². The van der Waals surface area contributed by atoms with Crippen molar-refractivity contribution >= 4 is 11.9 Å². The maximum atomic E-state index is 12.2. The minimum absolute atomic E-state index is 0.0738. The Kier molecular flexibility index (Phi) is 5.63. The van der Waals surface area contributed by atoms with E-state index in [1.54, 1.807) is 0 Å². The van der Waals surface area contributed by atoms with E-state index < -0.39 is 5.97 Å². The van der Waals surface area contributed by atoms with E-state index in [0.717, 1.165) is 25.8 Å². The standard InChI is InChI=1S/C14H25NO3/c1-10(2)6-7-15(12-4-5-12)13(16)8-11(3)9-14(17)18/h10-12H,4-9H2,1-3H3,(H,17,18). The molecule has 1 unspecified atom stereocenters. The number of rotatable bonds is 8. The molecule has 104 valence electrons. The molecule has 1 aliphatic rings. The number of nitrogens with zero attached hydrogens (tertiary/aromatic N) is 1. The molecule has 0 heterocycles. The van der Waals surface area contributed by atoms with Crippen LogP contribution in [0, 0.1) is 11.8 Å². The van der Waals surface area contributed by atoms with E-state index in [-0.39, 0.29) is 18.2 Å². The van der Waals surface area contributed by atoms with Gasteiger partial charge in [-0.1, -0.05) is 20.8 Å². The highest BCUT2D eigenvalue weighted by atomic mass is 16.4. The summed E-state index contributed by atoms with van der Waals surface area (Å²) >= 11 is 0. The molecule has 0 aromatic rings. The molecule has 18 heavy (non-hydrogen) atoms. The molecule has 1 aliphatic carbocycles.